The third-order valence-corrected chi connectivity index (χ3v) is 5.39. The van der Waals surface area contributed by atoms with Crippen molar-refractivity contribution >= 4 is 5.91 Å². The highest BCUT2D eigenvalue weighted by Gasteiger charge is 2.41. The number of nitrogens with zero attached hydrogens (tertiary/aromatic N) is 2. The zero-order valence-corrected chi connectivity index (χ0v) is 13.9. The Labute approximate surface area is 141 Å². The highest BCUT2D eigenvalue weighted by molar-refractivity contribution is 5.83. The Balaban J connectivity index is 1.42. The van der Waals surface area contributed by atoms with Crippen molar-refractivity contribution in [1.82, 2.24) is 9.80 Å². The van der Waals surface area contributed by atoms with E-state index in [0.29, 0.717) is 18.4 Å². The molecule has 0 radical (unpaired) electrons. The summed E-state index contributed by atoms with van der Waals surface area (Å²) in [6.07, 6.45) is -0.133. The first kappa shape index (κ1) is 15.8. The monoisotopic (exact) mass is 334 g/mol. The van der Waals surface area contributed by atoms with Gasteiger partial charge in [0.05, 0.1) is 13.2 Å². The highest BCUT2D eigenvalue weighted by Crippen LogP contribution is 2.33. The van der Waals surface area contributed by atoms with Gasteiger partial charge in [0, 0.05) is 44.2 Å². The molecule has 3 heterocycles. The van der Waals surface area contributed by atoms with Crippen molar-refractivity contribution in [1.29, 1.82) is 0 Å². The Morgan fingerprint density at radius 1 is 1.25 bits per heavy atom. The van der Waals surface area contributed by atoms with E-state index in [1.165, 1.54) is 6.07 Å². The summed E-state index contributed by atoms with van der Waals surface area (Å²) < 4.78 is 24.9. The standard InChI is InChI=1S/C18H23FN2O3/c1-12-10-21(11-15(12)20-5-7-23-8-6-20)18(22)16-9-13-3-2-4-14(19)17(13)24-16/h2-4,12,15-16H,5-11H2,1H3/t12-,15-,16-/m1/s1. The molecule has 0 spiro atoms. The van der Waals surface area contributed by atoms with Crippen molar-refractivity contribution in [3.63, 3.8) is 0 Å². The molecule has 0 aromatic heterocycles. The lowest BCUT2D eigenvalue weighted by Crippen LogP contribution is -2.47. The van der Waals surface area contributed by atoms with Gasteiger partial charge in [0.25, 0.3) is 5.91 Å². The zero-order valence-electron chi connectivity index (χ0n) is 13.9. The van der Waals surface area contributed by atoms with E-state index in [0.717, 1.165) is 45.0 Å². The molecule has 3 aliphatic rings. The van der Waals surface area contributed by atoms with Gasteiger partial charge in [-0.15, -0.1) is 0 Å². The molecule has 2 saturated heterocycles. The van der Waals surface area contributed by atoms with E-state index in [-0.39, 0.29) is 17.5 Å². The number of carbonyl (C=O) groups excluding carboxylic acids is 1. The third-order valence-electron chi connectivity index (χ3n) is 5.39. The van der Waals surface area contributed by atoms with Crippen molar-refractivity contribution in [2.75, 3.05) is 39.4 Å². The molecule has 4 rings (SSSR count). The number of benzene rings is 1. The Morgan fingerprint density at radius 2 is 2.04 bits per heavy atom. The predicted octanol–water partition coefficient (Wildman–Crippen LogP) is 1.31. The molecule has 24 heavy (non-hydrogen) atoms. The first-order valence-electron chi connectivity index (χ1n) is 8.68. The van der Waals surface area contributed by atoms with Crippen molar-refractivity contribution in [2.24, 2.45) is 5.92 Å². The number of amides is 1. The molecule has 1 aromatic rings. The fourth-order valence-corrected chi connectivity index (χ4v) is 4.09. The normalized spacial score (nSPS) is 30.2. The number of hydrogen-bond acceptors (Lipinski definition) is 4. The summed E-state index contributed by atoms with van der Waals surface area (Å²) in [6, 6.07) is 5.24. The van der Waals surface area contributed by atoms with Crippen molar-refractivity contribution in [2.45, 2.75) is 25.5 Å². The number of rotatable bonds is 2. The molecular weight excluding hydrogens is 311 g/mol. The molecular formula is C18H23FN2O3. The maximum Gasteiger partial charge on any atom is 0.264 e. The van der Waals surface area contributed by atoms with E-state index >= 15 is 0 Å². The molecule has 1 aromatic carbocycles. The van der Waals surface area contributed by atoms with Crippen LogP contribution in [0.3, 0.4) is 0 Å². The van der Waals surface area contributed by atoms with E-state index in [1.807, 2.05) is 11.0 Å². The molecule has 6 heteroatoms. The van der Waals surface area contributed by atoms with Crippen LogP contribution in [-0.4, -0.2) is 67.2 Å². The summed E-state index contributed by atoms with van der Waals surface area (Å²) in [5, 5.41) is 0. The van der Waals surface area contributed by atoms with Crippen molar-refractivity contribution in [3.8, 4) is 5.75 Å². The highest BCUT2D eigenvalue weighted by atomic mass is 19.1. The number of para-hydroxylation sites is 1. The van der Waals surface area contributed by atoms with Crippen LogP contribution in [-0.2, 0) is 16.0 Å². The smallest absolute Gasteiger partial charge is 0.264 e. The van der Waals surface area contributed by atoms with Gasteiger partial charge >= 0.3 is 0 Å². The summed E-state index contributed by atoms with van der Waals surface area (Å²) in [5.41, 5.74) is 0.783. The summed E-state index contributed by atoms with van der Waals surface area (Å²) in [4.78, 5) is 17.1. The molecule has 5 nitrogen and oxygen atoms in total. The number of morpholine rings is 1. The average molecular weight is 334 g/mol. The second-order valence-electron chi connectivity index (χ2n) is 6.97. The molecule has 2 fully saturated rings. The maximum absolute atomic E-state index is 13.8. The van der Waals surface area contributed by atoms with Crippen LogP contribution < -0.4 is 4.74 Å². The van der Waals surface area contributed by atoms with Crippen molar-refractivity contribution < 1.29 is 18.7 Å². The second-order valence-corrected chi connectivity index (χ2v) is 6.97. The lowest BCUT2D eigenvalue weighted by Gasteiger charge is -2.34. The Bertz CT molecular complexity index is 633. The first-order valence-corrected chi connectivity index (χ1v) is 8.68. The minimum Gasteiger partial charge on any atom is -0.477 e. The Kier molecular flexibility index (Phi) is 4.18. The van der Waals surface area contributed by atoms with Gasteiger partial charge < -0.3 is 14.4 Å². The third kappa shape index (κ3) is 2.78. The van der Waals surface area contributed by atoms with Gasteiger partial charge in [-0.1, -0.05) is 19.1 Å². The van der Waals surface area contributed by atoms with Gasteiger partial charge in [-0.25, -0.2) is 4.39 Å². The molecule has 0 saturated carbocycles. The molecule has 0 bridgehead atoms. The summed E-state index contributed by atoms with van der Waals surface area (Å²) in [6.45, 7) is 7.02. The molecule has 130 valence electrons. The van der Waals surface area contributed by atoms with Crippen LogP contribution in [0.25, 0.3) is 0 Å². The molecule has 0 N–H and O–H groups in total. The van der Waals surface area contributed by atoms with Crippen LogP contribution in [0.2, 0.25) is 0 Å². The SMILES string of the molecule is C[C@@H]1CN(C(=O)[C@H]2Cc3cccc(F)c3O2)C[C@H]1N1CCOCC1. The number of hydrogen-bond donors (Lipinski definition) is 0. The Morgan fingerprint density at radius 3 is 2.79 bits per heavy atom. The van der Waals surface area contributed by atoms with Crippen LogP contribution in [0, 0.1) is 11.7 Å². The number of fused-ring (bicyclic) bond motifs is 1. The lowest BCUT2D eigenvalue weighted by molar-refractivity contribution is -0.137. The molecule has 0 unspecified atom stereocenters. The fourth-order valence-electron chi connectivity index (χ4n) is 4.09. The summed E-state index contributed by atoms with van der Waals surface area (Å²) in [5.74, 6) is 0.261. The quantitative estimate of drug-likeness (QED) is 0.818. The van der Waals surface area contributed by atoms with E-state index in [1.54, 1.807) is 6.07 Å². The van der Waals surface area contributed by atoms with Crippen molar-refractivity contribution in [3.05, 3.63) is 29.6 Å². The van der Waals surface area contributed by atoms with Gasteiger partial charge in [-0.05, 0) is 12.0 Å². The van der Waals surface area contributed by atoms with Gasteiger partial charge in [-0.3, -0.25) is 9.69 Å². The van der Waals surface area contributed by atoms with Crippen LogP contribution in [0.5, 0.6) is 5.75 Å². The molecule has 3 aliphatic heterocycles. The zero-order chi connectivity index (χ0) is 16.7. The second kappa shape index (κ2) is 6.33. The van der Waals surface area contributed by atoms with Crippen LogP contribution in [0.4, 0.5) is 4.39 Å². The minimum absolute atomic E-state index is 0.0202. The number of ether oxygens (including phenoxy) is 2. The van der Waals surface area contributed by atoms with E-state index in [2.05, 4.69) is 11.8 Å². The fraction of sp³-hybridized carbons (Fsp3) is 0.611. The topological polar surface area (TPSA) is 42.0 Å². The Hall–Kier alpha value is -1.66. The summed E-state index contributed by atoms with van der Waals surface area (Å²) in [7, 11) is 0. The maximum atomic E-state index is 13.8. The van der Waals surface area contributed by atoms with E-state index in [4.69, 9.17) is 9.47 Å². The van der Waals surface area contributed by atoms with Crippen LogP contribution in [0.15, 0.2) is 18.2 Å². The minimum atomic E-state index is -0.590. The average Bonchev–Trinajstić information content (AvgIpc) is 3.20. The largest absolute Gasteiger partial charge is 0.477 e. The molecule has 3 atom stereocenters. The molecule has 1 amide bonds. The molecule has 0 aliphatic carbocycles. The number of likely N-dealkylation sites (tertiary alicyclic amines) is 1. The lowest BCUT2D eigenvalue weighted by atomic mass is 10.0. The first-order chi connectivity index (χ1) is 11.6. The van der Waals surface area contributed by atoms with Crippen LogP contribution >= 0.6 is 0 Å². The van der Waals surface area contributed by atoms with E-state index < -0.39 is 6.10 Å². The van der Waals surface area contributed by atoms with E-state index in [9.17, 15) is 9.18 Å². The number of halogens is 1. The van der Waals surface area contributed by atoms with Crippen LogP contribution in [0.1, 0.15) is 12.5 Å². The summed E-state index contributed by atoms with van der Waals surface area (Å²) >= 11 is 0. The van der Waals surface area contributed by atoms with Gasteiger partial charge in [0.15, 0.2) is 17.7 Å². The number of carbonyl (C=O) groups is 1. The van der Waals surface area contributed by atoms with Gasteiger partial charge in [0.1, 0.15) is 0 Å². The predicted molar refractivity (Wildman–Crippen MR) is 86.4 cm³/mol. The van der Waals surface area contributed by atoms with Gasteiger partial charge in [0.2, 0.25) is 0 Å². The van der Waals surface area contributed by atoms with Gasteiger partial charge in [-0.2, -0.15) is 0 Å².